The molecule has 2 rings (SSSR count). The Hall–Kier alpha value is -2.04. The lowest BCUT2D eigenvalue weighted by Gasteiger charge is -2.35. The average molecular weight is 332 g/mol. The van der Waals surface area contributed by atoms with E-state index in [-0.39, 0.29) is 5.91 Å². The van der Waals surface area contributed by atoms with Crippen LogP contribution in [0.5, 0.6) is 0 Å². The van der Waals surface area contributed by atoms with E-state index in [0.29, 0.717) is 23.1 Å². The Kier molecular flexibility index (Phi) is 5.52. The van der Waals surface area contributed by atoms with E-state index in [1.165, 1.54) is 6.42 Å². The summed E-state index contributed by atoms with van der Waals surface area (Å²) in [5, 5.41) is 2.67. The second-order valence-corrected chi connectivity index (χ2v) is 7.86. The number of piperidine rings is 1. The third-order valence-electron chi connectivity index (χ3n) is 3.93. The van der Waals surface area contributed by atoms with Crippen LogP contribution in [0.4, 0.5) is 10.5 Å². The fourth-order valence-electron chi connectivity index (χ4n) is 3.13. The molecule has 2 atom stereocenters. The smallest absolute Gasteiger partial charge is 0.412 e. The van der Waals surface area contributed by atoms with Crippen molar-refractivity contribution in [2.75, 3.05) is 18.4 Å². The molecule has 1 aromatic rings. The predicted octanol–water partition coefficient (Wildman–Crippen LogP) is 4.15. The summed E-state index contributed by atoms with van der Waals surface area (Å²) in [5.74, 6) is 1.12. The molecule has 0 aliphatic carbocycles. The van der Waals surface area contributed by atoms with Crippen LogP contribution in [0.15, 0.2) is 24.3 Å². The van der Waals surface area contributed by atoms with Gasteiger partial charge in [-0.25, -0.2) is 4.79 Å². The number of anilines is 1. The third-order valence-corrected chi connectivity index (χ3v) is 3.93. The van der Waals surface area contributed by atoms with Crippen LogP contribution in [0.25, 0.3) is 0 Å². The van der Waals surface area contributed by atoms with Gasteiger partial charge in [0.15, 0.2) is 0 Å². The number of ether oxygens (including phenoxy) is 1. The van der Waals surface area contributed by atoms with E-state index >= 15 is 0 Å². The van der Waals surface area contributed by atoms with E-state index in [1.807, 2.05) is 25.7 Å². The molecular formula is C19H28N2O3. The molecule has 1 aliphatic rings. The molecule has 0 spiro atoms. The van der Waals surface area contributed by atoms with Gasteiger partial charge in [-0.05, 0) is 63.3 Å². The maximum absolute atomic E-state index is 12.6. The number of nitrogens with one attached hydrogen (secondary N) is 1. The Morgan fingerprint density at radius 1 is 1.08 bits per heavy atom. The van der Waals surface area contributed by atoms with Crippen molar-refractivity contribution in [3.05, 3.63) is 29.8 Å². The monoisotopic (exact) mass is 332 g/mol. The number of carbonyl (C=O) groups excluding carboxylic acids is 2. The molecule has 5 nitrogen and oxygen atoms in total. The fraction of sp³-hybridized carbons (Fsp3) is 0.579. The van der Waals surface area contributed by atoms with Crippen molar-refractivity contribution in [2.24, 2.45) is 11.8 Å². The summed E-state index contributed by atoms with van der Waals surface area (Å²) in [6.07, 6.45) is 0.669. The second kappa shape index (κ2) is 7.24. The molecule has 1 fully saturated rings. The topological polar surface area (TPSA) is 58.6 Å². The van der Waals surface area contributed by atoms with Crippen LogP contribution < -0.4 is 5.32 Å². The number of hydrogen-bond donors (Lipinski definition) is 1. The molecule has 0 unspecified atom stereocenters. The molecule has 132 valence electrons. The summed E-state index contributed by atoms with van der Waals surface area (Å²) < 4.78 is 5.21. The highest BCUT2D eigenvalue weighted by Gasteiger charge is 2.26. The summed E-state index contributed by atoms with van der Waals surface area (Å²) in [7, 11) is 0. The van der Waals surface area contributed by atoms with Crippen molar-refractivity contribution < 1.29 is 14.3 Å². The van der Waals surface area contributed by atoms with Crippen molar-refractivity contribution >= 4 is 17.7 Å². The summed E-state index contributed by atoms with van der Waals surface area (Å²) in [6.45, 7) is 11.4. The molecule has 0 aromatic heterocycles. The van der Waals surface area contributed by atoms with Crippen molar-refractivity contribution in [1.29, 1.82) is 0 Å². The lowest BCUT2D eigenvalue weighted by atomic mass is 9.91. The van der Waals surface area contributed by atoms with Gasteiger partial charge < -0.3 is 9.64 Å². The first kappa shape index (κ1) is 18.3. The SMILES string of the molecule is C[C@H]1C[C@H](C)CN(C(=O)c2ccc(NC(=O)OC(C)(C)C)cc2)C1. The number of rotatable bonds is 2. The molecule has 1 N–H and O–H groups in total. The number of amides is 2. The van der Waals surface area contributed by atoms with Crippen LogP contribution in [-0.2, 0) is 4.74 Å². The average Bonchev–Trinajstić information content (AvgIpc) is 2.44. The quantitative estimate of drug-likeness (QED) is 0.885. The van der Waals surface area contributed by atoms with Gasteiger partial charge in [-0.15, -0.1) is 0 Å². The van der Waals surface area contributed by atoms with Crippen molar-refractivity contribution in [3.8, 4) is 0 Å². The van der Waals surface area contributed by atoms with Crippen LogP contribution in [0.1, 0.15) is 51.4 Å². The van der Waals surface area contributed by atoms with Crippen LogP contribution in [0, 0.1) is 11.8 Å². The molecule has 5 heteroatoms. The minimum absolute atomic E-state index is 0.0530. The number of benzene rings is 1. The van der Waals surface area contributed by atoms with Gasteiger partial charge in [-0.3, -0.25) is 10.1 Å². The van der Waals surface area contributed by atoms with Crippen molar-refractivity contribution in [2.45, 2.75) is 46.6 Å². The van der Waals surface area contributed by atoms with Gasteiger partial charge in [0.2, 0.25) is 0 Å². The van der Waals surface area contributed by atoms with Crippen LogP contribution >= 0.6 is 0 Å². The largest absolute Gasteiger partial charge is 0.444 e. The third kappa shape index (κ3) is 5.25. The van der Waals surface area contributed by atoms with Gasteiger partial charge in [0, 0.05) is 24.3 Å². The molecule has 1 aromatic carbocycles. The zero-order valence-electron chi connectivity index (χ0n) is 15.3. The lowest BCUT2D eigenvalue weighted by Crippen LogP contribution is -2.42. The molecule has 24 heavy (non-hydrogen) atoms. The number of hydrogen-bond acceptors (Lipinski definition) is 3. The minimum atomic E-state index is -0.540. The summed E-state index contributed by atoms with van der Waals surface area (Å²) in [5.41, 5.74) is 0.717. The number of nitrogens with zero attached hydrogens (tertiary/aromatic N) is 1. The van der Waals surface area contributed by atoms with Crippen LogP contribution in [0.2, 0.25) is 0 Å². The Balaban J connectivity index is 1.98. The van der Waals surface area contributed by atoms with Gasteiger partial charge >= 0.3 is 6.09 Å². The highest BCUT2D eigenvalue weighted by atomic mass is 16.6. The zero-order valence-corrected chi connectivity index (χ0v) is 15.3. The maximum atomic E-state index is 12.6. The normalized spacial score (nSPS) is 21.3. The van der Waals surface area contributed by atoms with E-state index < -0.39 is 11.7 Å². The van der Waals surface area contributed by atoms with Gasteiger partial charge in [-0.1, -0.05) is 13.8 Å². The molecule has 0 saturated carbocycles. The van der Waals surface area contributed by atoms with Crippen LogP contribution in [0.3, 0.4) is 0 Å². The fourth-order valence-corrected chi connectivity index (χ4v) is 3.13. The molecule has 1 aliphatic heterocycles. The van der Waals surface area contributed by atoms with E-state index in [0.717, 1.165) is 13.1 Å². The van der Waals surface area contributed by atoms with E-state index in [2.05, 4.69) is 19.2 Å². The van der Waals surface area contributed by atoms with Crippen LogP contribution in [-0.4, -0.2) is 35.6 Å². The first-order valence-electron chi connectivity index (χ1n) is 8.53. The van der Waals surface area contributed by atoms with Crippen molar-refractivity contribution in [1.82, 2.24) is 4.90 Å². The zero-order chi connectivity index (χ0) is 17.9. The molecule has 1 saturated heterocycles. The van der Waals surface area contributed by atoms with Crippen molar-refractivity contribution in [3.63, 3.8) is 0 Å². The van der Waals surface area contributed by atoms with E-state index in [4.69, 9.17) is 4.74 Å². The Morgan fingerprint density at radius 3 is 2.12 bits per heavy atom. The highest BCUT2D eigenvalue weighted by molar-refractivity contribution is 5.95. The van der Waals surface area contributed by atoms with Gasteiger partial charge in [0.05, 0.1) is 0 Å². The van der Waals surface area contributed by atoms with Gasteiger partial charge in [-0.2, -0.15) is 0 Å². The highest BCUT2D eigenvalue weighted by Crippen LogP contribution is 2.23. The van der Waals surface area contributed by atoms with E-state index in [9.17, 15) is 9.59 Å². The molecule has 0 radical (unpaired) electrons. The summed E-state index contributed by atoms with van der Waals surface area (Å²) in [6, 6.07) is 6.96. The maximum Gasteiger partial charge on any atom is 0.412 e. The molecule has 1 heterocycles. The second-order valence-electron chi connectivity index (χ2n) is 7.86. The Labute approximate surface area is 144 Å². The summed E-state index contributed by atoms with van der Waals surface area (Å²) >= 11 is 0. The Morgan fingerprint density at radius 2 is 1.62 bits per heavy atom. The minimum Gasteiger partial charge on any atom is -0.444 e. The molecular weight excluding hydrogens is 304 g/mol. The molecule has 2 amide bonds. The number of likely N-dealkylation sites (tertiary alicyclic amines) is 1. The lowest BCUT2D eigenvalue weighted by molar-refractivity contribution is 0.0620. The first-order valence-corrected chi connectivity index (χ1v) is 8.53. The standard InChI is InChI=1S/C19H28N2O3/c1-13-10-14(2)12-21(11-13)17(22)15-6-8-16(9-7-15)20-18(23)24-19(3,4)5/h6-9,13-14H,10-12H2,1-5H3,(H,20,23)/t13-,14-/m0/s1. The molecule has 0 bridgehead atoms. The van der Waals surface area contributed by atoms with Gasteiger partial charge in [0.25, 0.3) is 5.91 Å². The summed E-state index contributed by atoms with van der Waals surface area (Å²) in [4.78, 5) is 26.3. The van der Waals surface area contributed by atoms with Gasteiger partial charge in [0.1, 0.15) is 5.60 Å². The first-order chi connectivity index (χ1) is 11.1. The number of carbonyl (C=O) groups is 2. The predicted molar refractivity (Wildman–Crippen MR) is 95.1 cm³/mol. The Bertz CT molecular complexity index is 580. The van der Waals surface area contributed by atoms with E-state index in [1.54, 1.807) is 24.3 Å².